The van der Waals surface area contributed by atoms with Crippen LogP contribution in [0.25, 0.3) is 0 Å². The standard InChI is InChI=1S/C14H20O2/c1-9-4-5-14(3)7-11(8-15)13(16)6-12(14)10(9)2/h7-9,12-13,16H,2,4-6H2,1,3H3. The minimum Gasteiger partial charge on any atom is -0.388 e. The maximum Gasteiger partial charge on any atom is 0.148 e. The average molecular weight is 220 g/mol. The summed E-state index contributed by atoms with van der Waals surface area (Å²) < 4.78 is 0. The van der Waals surface area contributed by atoms with Gasteiger partial charge in [0, 0.05) is 5.57 Å². The lowest BCUT2D eigenvalue weighted by atomic mass is 9.58. The summed E-state index contributed by atoms with van der Waals surface area (Å²) >= 11 is 0. The second-order valence-corrected chi connectivity index (χ2v) is 5.59. The molecule has 88 valence electrons. The summed E-state index contributed by atoms with van der Waals surface area (Å²) in [6.45, 7) is 8.57. The zero-order valence-corrected chi connectivity index (χ0v) is 10.1. The lowest BCUT2D eigenvalue weighted by Gasteiger charge is -2.47. The van der Waals surface area contributed by atoms with E-state index in [0.29, 0.717) is 23.8 Å². The van der Waals surface area contributed by atoms with Gasteiger partial charge in [0.05, 0.1) is 6.10 Å². The van der Waals surface area contributed by atoms with Gasteiger partial charge in [-0.15, -0.1) is 0 Å². The van der Waals surface area contributed by atoms with Crippen molar-refractivity contribution in [3.8, 4) is 0 Å². The number of carbonyl (C=O) groups is 1. The monoisotopic (exact) mass is 220 g/mol. The summed E-state index contributed by atoms with van der Waals surface area (Å²) in [6.07, 6.45) is 5.05. The number of rotatable bonds is 1. The van der Waals surface area contributed by atoms with E-state index in [1.807, 2.05) is 6.08 Å². The molecule has 0 spiro atoms. The molecule has 0 bridgehead atoms. The van der Waals surface area contributed by atoms with Gasteiger partial charge >= 0.3 is 0 Å². The summed E-state index contributed by atoms with van der Waals surface area (Å²) in [5, 5.41) is 9.89. The van der Waals surface area contributed by atoms with Crippen LogP contribution in [0.15, 0.2) is 23.8 Å². The topological polar surface area (TPSA) is 37.3 Å². The van der Waals surface area contributed by atoms with Crippen molar-refractivity contribution < 1.29 is 9.90 Å². The van der Waals surface area contributed by atoms with Crippen LogP contribution in [0.5, 0.6) is 0 Å². The van der Waals surface area contributed by atoms with E-state index in [1.165, 1.54) is 5.57 Å². The molecule has 0 aromatic heterocycles. The van der Waals surface area contributed by atoms with Crippen molar-refractivity contribution in [3.05, 3.63) is 23.8 Å². The van der Waals surface area contributed by atoms with E-state index >= 15 is 0 Å². The molecular weight excluding hydrogens is 200 g/mol. The molecule has 2 rings (SSSR count). The Balaban J connectivity index is 2.37. The number of aliphatic hydroxyl groups excluding tert-OH is 1. The highest BCUT2D eigenvalue weighted by Crippen LogP contribution is 2.51. The Kier molecular flexibility index (Phi) is 2.79. The van der Waals surface area contributed by atoms with Crippen molar-refractivity contribution in [2.75, 3.05) is 0 Å². The molecular formula is C14H20O2. The molecule has 0 heterocycles. The SMILES string of the molecule is C=C1C(C)CCC2(C)C=C(C=O)C(O)CC12. The molecule has 2 heteroatoms. The maximum absolute atomic E-state index is 10.9. The van der Waals surface area contributed by atoms with E-state index in [1.54, 1.807) is 0 Å². The zero-order valence-electron chi connectivity index (χ0n) is 10.1. The molecule has 4 atom stereocenters. The highest BCUT2D eigenvalue weighted by Gasteiger charge is 2.44. The number of hydrogen-bond acceptors (Lipinski definition) is 2. The molecule has 0 aromatic carbocycles. The summed E-state index contributed by atoms with van der Waals surface area (Å²) in [7, 11) is 0. The quantitative estimate of drug-likeness (QED) is 0.544. The molecule has 2 aliphatic rings. The fourth-order valence-corrected chi connectivity index (χ4v) is 3.20. The van der Waals surface area contributed by atoms with E-state index in [0.717, 1.165) is 19.1 Å². The Hall–Kier alpha value is -0.890. The Bertz CT molecular complexity index is 356. The van der Waals surface area contributed by atoms with Crippen molar-refractivity contribution in [2.45, 2.75) is 39.2 Å². The van der Waals surface area contributed by atoms with Gasteiger partial charge in [-0.25, -0.2) is 0 Å². The van der Waals surface area contributed by atoms with Crippen molar-refractivity contribution in [3.63, 3.8) is 0 Å². The fraction of sp³-hybridized carbons (Fsp3) is 0.643. The number of fused-ring (bicyclic) bond motifs is 1. The zero-order chi connectivity index (χ0) is 11.9. The van der Waals surface area contributed by atoms with Crippen LogP contribution in [0.3, 0.4) is 0 Å². The van der Waals surface area contributed by atoms with Crippen molar-refractivity contribution in [2.24, 2.45) is 17.3 Å². The van der Waals surface area contributed by atoms with E-state index in [4.69, 9.17) is 0 Å². The molecule has 1 saturated carbocycles. The number of aldehydes is 1. The van der Waals surface area contributed by atoms with Gasteiger partial charge in [-0.2, -0.15) is 0 Å². The molecule has 1 fully saturated rings. The van der Waals surface area contributed by atoms with Crippen LogP contribution < -0.4 is 0 Å². The molecule has 4 unspecified atom stereocenters. The highest BCUT2D eigenvalue weighted by atomic mass is 16.3. The van der Waals surface area contributed by atoms with Gasteiger partial charge in [0.15, 0.2) is 0 Å². The van der Waals surface area contributed by atoms with Crippen LogP contribution in [0.1, 0.15) is 33.1 Å². The van der Waals surface area contributed by atoms with E-state index in [9.17, 15) is 9.90 Å². The van der Waals surface area contributed by atoms with Gasteiger partial charge in [-0.1, -0.05) is 32.1 Å². The molecule has 0 aromatic rings. The first-order valence-corrected chi connectivity index (χ1v) is 6.02. The minimum absolute atomic E-state index is 0.0269. The highest BCUT2D eigenvalue weighted by molar-refractivity contribution is 5.75. The predicted molar refractivity (Wildman–Crippen MR) is 63.9 cm³/mol. The summed E-state index contributed by atoms with van der Waals surface area (Å²) in [5.41, 5.74) is 1.83. The summed E-state index contributed by atoms with van der Waals surface area (Å²) in [6, 6.07) is 0. The lowest BCUT2D eigenvalue weighted by Crippen LogP contribution is -2.40. The number of allylic oxidation sites excluding steroid dienone is 2. The number of aliphatic hydroxyl groups is 1. The van der Waals surface area contributed by atoms with Crippen LogP contribution in [0, 0.1) is 17.3 Å². The molecule has 0 saturated heterocycles. The first-order chi connectivity index (χ1) is 7.48. The van der Waals surface area contributed by atoms with Crippen LogP contribution in [0.4, 0.5) is 0 Å². The third-order valence-electron chi connectivity index (χ3n) is 4.47. The molecule has 0 aliphatic heterocycles. The van der Waals surface area contributed by atoms with Crippen molar-refractivity contribution >= 4 is 6.29 Å². The van der Waals surface area contributed by atoms with Gasteiger partial charge in [0.1, 0.15) is 6.29 Å². The van der Waals surface area contributed by atoms with Gasteiger partial charge in [0.25, 0.3) is 0 Å². The lowest BCUT2D eigenvalue weighted by molar-refractivity contribution is -0.106. The Morgan fingerprint density at radius 3 is 2.94 bits per heavy atom. The smallest absolute Gasteiger partial charge is 0.148 e. The second-order valence-electron chi connectivity index (χ2n) is 5.59. The minimum atomic E-state index is -0.599. The fourth-order valence-electron chi connectivity index (χ4n) is 3.20. The molecule has 0 radical (unpaired) electrons. The van der Waals surface area contributed by atoms with Crippen molar-refractivity contribution in [1.82, 2.24) is 0 Å². The van der Waals surface area contributed by atoms with Crippen LogP contribution >= 0.6 is 0 Å². The Morgan fingerprint density at radius 1 is 1.62 bits per heavy atom. The normalized spacial score (nSPS) is 43.6. The third-order valence-corrected chi connectivity index (χ3v) is 4.47. The average Bonchev–Trinajstić information content (AvgIpc) is 2.26. The van der Waals surface area contributed by atoms with Gasteiger partial charge in [-0.3, -0.25) is 4.79 Å². The van der Waals surface area contributed by atoms with Gasteiger partial charge < -0.3 is 5.11 Å². The second kappa shape index (κ2) is 3.85. The van der Waals surface area contributed by atoms with Crippen LogP contribution in [0.2, 0.25) is 0 Å². The summed E-state index contributed by atoms with van der Waals surface area (Å²) in [4.78, 5) is 10.9. The molecule has 2 aliphatic carbocycles. The molecule has 16 heavy (non-hydrogen) atoms. The predicted octanol–water partition coefficient (Wildman–Crippen LogP) is 2.48. The number of hydrogen-bond donors (Lipinski definition) is 1. The van der Waals surface area contributed by atoms with Crippen molar-refractivity contribution in [1.29, 1.82) is 0 Å². The first-order valence-electron chi connectivity index (χ1n) is 6.02. The Labute approximate surface area is 97.0 Å². The molecule has 1 N–H and O–H groups in total. The molecule has 0 amide bonds. The molecule has 2 nitrogen and oxygen atoms in total. The van der Waals surface area contributed by atoms with E-state index < -0.39 is 6.10 Å². The largest absolute Gasteiger partial charge is 0.388 e. The van der Waals surface area contributed by atoms with Crippen LogP contribution in [-0.4, -0.2) is 17.5 Å². The third kappa shape index (κ3) is 1.65. The van der Waals surface area contributed by atoms with Gasteiger partial charge in [-0.05, 0) is 36.5 Å². The maximum atomic E-state index is 10.9. The number of carbonyl (C=O) groups excluding carboxylic acids is 1. The summed E-state index contributed by atoms with van der Waals surface area (Å²) in [5.74, 6) is 0.867. The van der Waals surface area contributed by atoms with Crippen LogP contribution in [-0.2, 0) is 4.79 Å². The first kappa shape index (κ1) is 11.6. The van der Waals surface area contributed by atoms with Gasteiger partial charge in [0.2, 0.25) is 0 Å². The Morgan fingerprint density at radius 2 is 2.31 bits per heavy atom. The van der Waals surface area contributed by atoms with E-state index in [2.05, 4.69) is 20.4 Å². The van der Waals surface area contributed by atoms with E-state index in [-0.39, 0.29) is 5.41 Å².